The molecule has 0 aliphatic heterocycles. The van der Waals surface area contributed by atoms with Gasteiger partial charge in [0.25, 0.3) is 0 Å². The summed E-state index contributed by atoms with van der Waals surface area (Å²) in [6, 6.07) is 0. The molecule has 1 amide bonds. The average molecular weight is 149 g/mol. The van der Waals surface area contributed by atoms with Crippen LogP contribution in [0, 0.1) is 0 Å². The van der Waals surface area contributed by atoms with Crippen LogP contribution >= 0.6 is 12.8 Å². The molecule has 0 fully saturated rings. The Morgan fingerprint density at radius 3 is 2.56 bits per heavy atom. The molecule has 1 N–H and O–H groups in total. The van der Waals surface area contributed by atoms with E-state index < -0.39 is 11.9 Å². The van der Waals surface area contributed by atoms with Gasteiger partial charge in [-0.05, 0) is 6.92 Å². The molecule has 0 saturated heterocycles. The fraction of sp³-hybridized carbons (Fsp3) is 0.500. The van der Waals surface area contributed by atoms with Crippen molar-refractivity contribution in [3.05, 3.63) is 0 Å². The van der Waals surface area contributed by atoms with Crippen LogP contribution in [0.5, 0.6) is 0 Å². The molecule has 0 rings (SSSR count). The summed E-state index contributed by atoms with van der Waals surface area (Å²) in [5.41, 5.74) is 0. The molecule has 52 valence electrons. The fourth-order valence-electron chi connectivity index (χ4n) is 0.242. The van der Waals surface area contributed by atoms with Crippen LogP contribution in [0.25, 0.3) is 0 Å². The van der Waals surface area contributed by atoms with E-state index in [9.17, 15) is 9.59 Å². The van der Waals surface area contributed by atoms with Crippen molar-refractivity contribution in [3.8, 4) is 0 Å². The van der Waals surface area contributed by atoms with Crippen LogP contribution < -0.4 is 4.72 Å². The molecule has 0 saturated carbocycles. The zero-order chi connectivity index (χ0) is 7.28. The monoisotopic (exact) mass is 149 g/mol. The molecule has 9 heavy (non-hydrogen) atoms. The highest BCUT2D eigenvalue weighted by molar-refractivity contribution is 7.78. The number of ether oxygens (including phenoxy) is 1. The van der Waals surface area contributed by atoms with Crippen molar-refractivity contribution in [2.45, 2.75) is 6.92 Å². The minimum absolute atomic E-state index is 0.194. The summed E-state index contributed by atoms with van der Waals surface area (Å²) >= 11 is 3.35. The van der Waals surface area contributed by atoms with E-state index in [4.69, 9.17) is 0 Å². The Balaban J connectivity index is 3.60. The number of nitrogens with one attached hydrogen (secondary N) is 1. The predicted octanol–water partition coefficient (Wildman–Crippen LogP) is -0.490. The minimum atomic E-state index is -0.910. The van der Waals surface area contributed by atoms with Gasteiger partial charge in [0.2, 0.25) is 0 Å². The Morgan fingerprint density at radius 2 is 2.22 bits per heavy atom. The highest BCUT2D eigenvalue weighted by atomic mass is 32.1. The Hall–Kier alpha value is -0.710. The molecule has 0 heterocycles. The Bertz CT molecular complexity index is 125. The van der Waals surface area contributed by atoms with E-state index in [-0.39, 0.29) is 6.61 Å². The number of amides is 1. The quantitative estimate of drug-likeness (QED) is 0.300. The second-order valence-electron chi connectivity index (χ2n) is 1.16. The van der Waals surface area contributed by atoms with E-state index >= 15 is 0 Å². The van der Waals surface area contributed by atoms with Crippen LogP contribution in [0.3, 0.4) is 0 Å². The molecular formula is C4H7NO3S. The van der Waals surface area contributed by atoms with Crippen LogP contribution in [-0.2, 0) is 14.3 Å². The summed E-state index contributed by atoms with van der Waals surface area (Å²) in [7, 11) is 0. The first-order valence-electron chi connectivity index (χ1n) is 2.33. The molecule has 0 atom stereocenters. The van der Waals surface area contributed by atoms with E-state index in [2.05, 4.69) is 17.6 Å². The predicted molar refractivity (Wildman–Crippen MR) is 33.8 cm³/mol. The van der Waals surface area contributed by atoms with Gasteiger partial charge in [-0.15, -0.1) is 0 Å². The van der Waals surface area contributed by atoms with Gasteiger partial charge in [-0.25, -0.2) is 4.79 Å². The molecule has 0 aromatic heterocycles. The van der Waals surface area contributed by atoms with Gasteiger partial charge in [0.1, 0.15) is 0 Å². The Kier molecular flexibility index (Phi) is 3.87. The van der Waals surface area contributed by atoms with Crippen molar-refractivity contribution in [1.82, 2.24) is 4.72 Å². The standard InChI is InChI=1S/C4H7NO3S/c1-2-8-4(7)3(6)5-9/h9H,2H2,1H3,(H,5,6). The Labute approximate surface area is 58.1 Å². The first-order valence-corrected chi connectivity index (χ1v) is 2.78. The van der Waals surface area contributed by atoms with Gasteiger partial charge in [-0.3, -0.25) is 9.52 Å². The van der Waals surface area contributed by atoms with Crippen LogP contribution in [0.1, 0.15) is 6.92 Å². The summed E-state index contributed by atoms with van der Waals surface area (Å²) in [5, 5.41) is 0. The van der Waals surface area contributed by atoms with Crippen LogP contribution in [-0.4, -0.2) is 18.5 Å². The van der Waals surface area contributed by atoms with Gasteiger partial charge in [0.15, 0.2) is 0 Å². The second-order valence-corrected chi connectivity index (χ2v) is 1.39. The highest BCUT2D eigenvalue weighted by Gasteiger charge is 2.10. The van der Waals surface area contributed by atoms with Gasteiger partial charge in [-0.2, -0.15) is 0 Å². The number of thiol groups is 1. The Morgan fingerprint density at radius 1 is 1.67 bits per heavy atom. The molecule has 4 nitrogen and oxygen atoms in total. The molecule has 0 aromatic rings. The van der Waals surface area contributed by atoms with Gasteiger partial charge in [0.05, 0.1) is 6.61 Å². The molecule has 0 bridgehead atoms. The number of esters is 1. The van der Waals surface area contributed by atoms with Gasteiger partial charge in [0, 0.05) is 0 Å². The van der Waals surface area contributed by atoms with E-state index in [1.807, 2.05) is 4.72 Å². The molecule has 5 heteroatoms. The third-order valence-corrected chi connectivity index (χ3v) is 0.765. The average Bonchev–Trinajstić information content (AvgIpc) is 1.87. The summed E-state index contributed by atoms with van der Waals surface area (Å²) in [6.07, 6.45) is 0. The third-order valence-electron chi connectivity index (χ3n) is 0.562. The van der Waals surface area contributed by atoms with Gasteiger partial charge in [-0.1, -0.05) is 12.8 Å². The molecule has 0 spiro atoms. The minimum Gasteiger partial charge on any atom is -0.459 e. The maximum absolute atomic E-state index is 10.3. The van der Waals surface area contributed by atoms with Crippen molar-refractivity contribution < 1.29 is 14.3 Å². The number of rotatable bonds is 1. The summed E-state index contributed by atoms with van der Waals surface area (Å²) in [5.74, 6) is -1.76. The normalized spacial score (nSPS) is 8.22. The molecule has 0 radical (unpaired) electrons. The fourth-order valence-corrected chi connectivity index (χ4v) is 0.334. The maximum Gasteiger partial charge on any atom is 0.397 e. The largest absolute Gasteiger partial charge is 0.459 e. The van der Waals surface area contributed by atoms with E-state index in [0.717, 1.165) is 0 Å². The zero-order valence-electron chi connectivity index (χ0n) is 4.88. The summed E-state index contributed by atoms with van der Waals surface area (Å²) in [6.45, 7) is 1.81. The third kappa shape index (κ3) is 2.97. The maximum atomic E-state index is 10.3. The molecule has 0 aliphatic rings. The van der Waals surface area contributed by atoms with Crippen molar-refractivity contribution in [3.63, 3.8) is 0 Å². The van der Waals surface area contributed by atoms with Crippen LogP contribution in [0.2, 0.25) is 0 Å². The lowest BCUT2D eigenvalue weighted by Gasteiger charge is -1.96. The van der Waals surface area contributed by atoms with E-state index in [1.165, 1.54) is 0 Å². The molecular weight excluding hydrogens is 142 g/mol. The number of carbonyl (C=O) groups is 2. The second kappa shape index (κ2) is 4.20. The number of carbonyl (C=O) groups excluding carboxylic acids is 2. The molecule has 0 unspecified atom stereocenters. The molecule has 0 aliphatic carbocycles. The number of hydrogen-bond acceptors (Lipinski definition) is 4. The lowest BCUT2D eigenvalue weighted by Crippen LogP contribution is -2.25. The van der Waals surface area contributed by atoms with Gasteiger partial charge < -0.3 is 4.74 Å². The summed E-state index contributed by atoms with van der Waals surface area (Å²) < 4.78 is 6.13. The first kappa shape index (κ1) is 8.29. The van der Waals surface area contributed by atoms with Crippen LogP contribution in [0.4, 0.5) is 0 Å². The first-order chi connectivity index (χ1) is 4.22. The SMILES string of the molecule is CCOC(=O)C(=O)NS. The highest BCUT2D eigenvalue weighted by Crippen LogP contribution is 1.77. The smallest absolute Gasteiger partial charge is 0.397 e. The van der Waals surface area contributed by atoms with Gasteiger partial charge >= 0.3 is 11.9 Å². The van der Waals surface area contributed by atoms with E-state index in [0.29, 0.717) is 0 Å². The lowest BCUT2D eigenvalue weighted by molar-refractivity contribution is -0.153. The molecule has 0 aromatic carbocycles. The zero-order valence-corrected chi connectivity index (χ0v) is 5.77. The van der Waals surface area contributed by atoms with Crippen molar-refractivity contribution in [1.29, 1.82) is 0 Å². The number of hydrogen-bond donors (Lipinski definition) is 2. The van der Waals surface area contributed by atoms with Crippen molar-refractivity contribution in [2.24, 2.45) is 0 Å². The lowest BCUT2D eigenvalue weighted by atomic mass is 10.6. The topological polar surface area (TPSA) is 55.4 Å². The van der Waals surface area contributed by atoms with Crippen molar-refractivity contribution in [2.75, 3.05) is 6.61 Å². The van der Waals surface area contributed by atoms with Crippen molar-refractivity contribution >= 4 is 24.7 Å². The van der Waals surface area contributed by atoms with E-state index in [1.54, 1.807) is 6.92 Å². The summed E-state index contributed by atoms with van der Waals surface area (Å²) in [4.78, 5) is 20.5. The van der Waals surface area contributed by atoms with Crippen LogP contribution in [0.15, 0.2) is 0 Å².